The summed E-state index contributed by atoms with van der Waals surface area (Å²) in [6.45, 7) is 5.08. The third-order valence-corrected chi connectivity index (χ3v) is 3.81. The second kappa shape index (κ2) is 9.44. The minimum atomic E-state index is 0.424. The van der Waals surface area contributed by atoms with Crippen molar-refractivity contribution in [3.8, 4) is 6.01 Å². The van der Waals surface area contributed by atoms with E-state index in [9.17, 15) is 0 Å². The maximum atomic E-state index is 5.81. The average molecular weight is 304 g/mol. The van der Waals surface area contributed by atoms with E-state index in [0.717, 1.165) is 24.0 Å². The van der Waals surface area contributed by atoms with Gasteiger partial charge in [-0.2, -0.15) is 4.98 Å². The van der Waals surface area contributed by atoms with Crippen LogP contribution in [0.15, 0.2) is 16.7 Å². The molecule has 4 nitrogen and oxygen atoms in total. The molecule has 0 aromatic carbocycles. The highest BCUT2D eigenvalue weighted by Crippen LogP contribution is 2.20. The lowest BCUT2D eigenvalue weighted by Crippen LogP contribution is -2.00. The first kappa shape index (κ1) is 16.8. The molecule has 0 saturated heterocycles. The van der Waals surface area contributed by atoms with Crippen LogP contribution in [-0.2, 0) is 6.42 Å². The normalized spacial score (nSPS) is 11.2. The third kappa shape index (κ3) is 5.32. The van der Waals surface area contributed by atoms with Crippen LogP contribution in [0.1, 0.15) is 71.0 Å². The molecular formula is C18H28N2O2. The Bertz CT molecular complexity index is 551. The van der Waals surface area contributed by atoms with Gasteiger partial charge in [0.25, 0.3) is 0 Å². The number of fused-ring (bicyclic) bond motifs is 1. The molecule has 0 radical (unpaired) electrons. The summed E-state index contributed by atoms with van der Waals surface area (Å²) in [6, 6.07) is 2.48. The molecule has 2 aromatic heterocycles. The van der Waals surface area contributed by atoms with E-state index in [1.165, 1.54) is 44.9 Å². The van der Waals surface area contributed by atoms with E-state index in [1.54, 1.807) is 6.20 Å². The Morgan fingerprint density at radius 3 is 2.59 bits per heavy atom. The lowest BCUT2D eigenvalue weighted by atomic mass is 10.1. The van der Waals surface area contributed by atoms with Crippen molar-refractivity contribution in [2.24, 2.45) is 0 Å². The molecule has 122 valence electrons. The molecule has 0 bridgehead atoms. The summed E-state index contributed by atoms with van der Waals surface area (Å²) < 4.78 is 11.4. The Hall–Kier alpha value is -1.58. The minimum Gasteiger partial charge on any atom is -0.463 e. The fourth-order valence-electron chi connectivity index (χ4n) is 2.48. The minimum absolute atomic E-state index is 0.424. The molecule has 2 aromatic rings. The van der Waals surface area contributed by atoms with Crippen molar-refractivity contribution >= 4 is 11.1 Å². The van der Waals surface area contributed by atoms with Gasteiger partial charge < -0.3 is 9.15 Å². The second-order valence-corrected chi connectivity index (χ2v) is 5.85. The number of unbranched alkanes of at least 4 members (excludes halogenated alkanes) is 6. The molecule has 4 heteroatoms. The van der Waals surface area contributed by atoms with E-state index in [4.69, 9.17) is 9.15 Å². The van der Waals surface area contributed by atoms with Gasteiger partial charge in [0.1, 0.15) is 5.76 Å². The highest BCUT2D eigenvalue weighted by molar-refractivity contribution is 5.73. The molecule has 0 aliphatic carbocycles. The predicted octanol–water partition coefficient (Wildman–Crippen LogP) is 5.30. The second-order valence-electron chi connectivity index (χ2n) is 5.85. The van der Waals surface area contributed by atoms with Crippen LogP contribution in [0.25, 0.3) is 11.1 Å². The van der Waals surface area contributed by atoms with E-state index in [0.29, 0.717) is 18.3 Å². The molecule has 0 spiro atoms. The van der Waals surface area contributed by atoms with Gasteiger partial charge in [-0.1, -0.05) is 52.4 Å². The topological polar surface area (TPSA) is 48.2 Å². The summed E-state index contributed by atoms with van der Waals surface area (Å²) >= 11 is 0. The van der Waals surface area contributed by atoms with E-state index in [-0.39, 0.29) is 0 Å². The van der Waals surface area contributed by atoms with Crippen molar-refractivity contribution in [3.63, 3.8) is 0 Å². The van der Waals surface area contributed by atoms with Crippen molar-refractivity contribution in [2.45, 2.75) is 71.6 Å². The van der Waals surface area contributed by atoms with Gasteiger partial charge in [0.2, 0.25) is 5.71 Å². The largest absolute Gasteiger partial charge is 0.463 e. The number of rotatable bonds is 11. The number of hydrogen-bond acceptors (Lipinski definition) is 4. The van der Waals surface area contributed by atoms with Crippen molar-refractivity contribution in [1.29, 1.82) is 0 Å². The van der Waals surface area contributed by atoms with Crippen LogP contribution in [0.5, 0.6) is 6.01 Å². The van der Waals surface area contributed by atoms with Crippen molar-refractivity contribution < 1.29 is 9.15 Å². The molecule has 0 aliphatic heterocycles. The predicted molar refractivity (Wildman–Crippen MR) is 89.3 cm³/mol. The third-order valence-electron chi connectivity index (χ3n) is 3.81. The van der Waals surface area contributed by atoms with Gasteiger partial charge >= 0.3 is 6.01 Å². The van der Waals surface area contributed by atoms with E-state index < -0.39 is 0 Å². The van der Waals surface area contributed by atoms with Crippen LogP contribution < -0.4 is 4.74 Å². The number of ether oxygens (including phenoxy) is 1. The maximum Gasteiger partial charge on any atom is 0.319 e. The summed E-state index contributed by atoms with van der Waals surface area (Å²) in [7, 11) is 0. The monoisotopic (exact) mass is 304 g/mol. The number of furan rings is 1. The molecule has 0 N–H and O–H groups in total. The Balaban J connectivity index is 1.84. The Labute approximate surface area is 133 Å². The summed E-state index contributed by atoms with van der Waals surface area (Å²) in [6.07, 6.45) is 12.5. The van der Waals surface area contributed by atoms with Gasteiger partial charge in [-0.25, -0.2) is 4.98 Å². The number of hydrogen-bond donors (Lipinski definition) is 0. The van der Waals surface area contributed by atoms with Gasteiger partial charge in [0.05, 0.1) is 12.0 Å². The number of nitrogens with zero attached hydrogens (tertiary/aromatic N) is 2. The zero-order chi connectivity index (χ0) is 15.6. The van der Waals surface area contributed by atoms with Crippen LogP contribution in [0.3, 0.4) is 0 Å². The summed E-state index contributed by atoms with van der Waals surface area (Å²) in [5, 5.41) is 0.962. The van der Waals surface area contributed by atoms with Gasteiger partial charge in [-0.05, 0) is 18.9 Å². The molecule has 0 unspecified atom stereocenters. The first-order chi connectivity index (χ1) is 10.8. The molecule has 0 saturated carbocycles. The quantitative estimate of drug-likeness (QED) is 0.528. The van der Waals surface area contributed by atoms with Gasteiger partial charge in [0, 0.05) is 12.6 Å². The maximum absolute atomic E-state index is 5.81. The molecule has 0 aliphatic rings. The molecular weight excluding hydrogens is 276 g/mol. The van der Waals surface area contributed by atoms with Gasteiger partial charge in [-0.3, -0.25) is 0 Å². The summed E-state index contributed by atoms with van der Waals surface area (Å²) in [5.74, 6) is 1.00. The fourth-order valence-corrected chi connectivity index (χ4v) is 2.48. The number of aromatic nitrogens is 2. The van der Waals surface area contributed by atoms with Crippen LogP contribution in [0.4, 0.5) is 0 Å². The first-order valence-electron chi connectivity index (χ1n) is 8.71. The zero-order valence-electron chi connectivity index (χ0n) is 13.9. The molecule has 0 atom stereocenters. The van der Waals surface area contributed by atoms with Crippen molar-refractivity contribution in [1.82, 2.24) is 9.97 Å². The van der Waals surface area contributed by atoms with Gasteiger partial charge in [0.15, 0.2) is 0 Å². The summed E-state index contributed by atoms with van der Waals surface area (Å²) in [4.78, 5) is 8.60. The summed E-state index contributed by atoms with van der Waals surface area (Å²) in [5.41, 5.74) is 0.643. The van der Waals surface area contributed by atoms with Crippen LogP contribution in [0, 0.1) is 0 Å². The van der Waals surface area contributed by atoms with Crippen LogP contribution >= 0.6 is 0 Å². The highest BCUT2D eigenvalue weighted by atomic mass is 16.5. The first-order valence-corrected chi connectivity index (χ1v) is 8.71. The smallest absolute Gasteiger partial charge is 0.319 e. The average Bonchev–Trinajstić information content (AvgIpc) is 2.93. The SMILES string of the molecule is CCCCCCCc1cc2cnc(OCCCCC)nc2o1. The standard InChI is InChI=1S/C18H28N2O2/c1-3-5-7-8-9-11-16-13-15-14-19-18(20-17(15)22-16)21-12-10-6-4-2/h13-14H,3-12H2,1-2H3. The van der Waals surface area contributed by atoms with E-state index in [1.807, 2.05) is 0 Å². The molecule has 2 rings (SSSR count). The molecule has 0 fully saturated rings. The van der Waals surface area contributed by atoms with E-state index in [2.05, 4.69) is 29.9 Å². The lowest BCUT2D eigenvalue weighted by molar-refractivity contribution is 0.282. The lowest BCUT2D eigenvalue weighted by Gasteiger charge is -2.02. The van der Waals surface area contributed by atoms with Crippen LogP contribution in [0.2, 0.25) is 0 Å². The van der Waals surface area contributed by atoms with Crippen molar-refractivity contribution in [3.05, 3.63) is 18.0 Å². The van der Waals surface area contributed by atoms with Crippen LogP contribution in [-0.4, -0.2) is 16.6 Å². The molecule has 0 amide bonds. The zero-order valence-corrected chi connectivity index (χ0v) is 13.9. The highest BCUT2D eigenvalue weighted by Gasteiger charge is 2.08. The van der Waals surface area contributed by atoms with E-state index >= 15 is 0 Å². The Morgan fingerprint density at radius 2 is 1.77 bits per heavy atom. The Kier molecular flexibility index (Phi) is 7.20. The molecule has 2 heterocycles. The number of aryl methyl sites for hydroxylation is 1. The molecule has 22 heavy (non-hydrogen) atoms. The van der Waals surface area contributed by atoms with Crippen molar-refractivity contribution in [2.75, 3.05) is 6.61 Å². The fraction of sp³-hybridized carbons (Fsp3) is 0.667. The Morgan fingerprint density at radius 1 is 1.00 bits per heavy atom. The van der Waals surface area contributed by atoms with Gasteiger partial charge in [-0.15, -0.1) is 0 Å².